The molecule has 0 radical (unpaired) electrons. The van der Waals surface area contributed by atoms with E-state index in [9.17, 15) is 4.79 Å². The number of aromatic nitrogens is 1. The maximum Gasteiger partial charge on any atom is 0.274 e. The predicted octanol–water partition coefficient (Wildman–Crippen LogP) is 4.38. The first-order valence-electron chi connectivity index (χ1n) is 9.71. The first-order valence-corrected chi connectivity index (χ1v) is 9.71. The Morgan fingerprint density at radius 2 is 1.90 bits per heavy atom. The summed E-state index contributed by atoms with van der Waals surface area (Å²) < 4.78 is 0. The molecule has 0 bridgehead atoms. The Morgan fingerprint density at radius 1 is 1.10 bits per heavy atom. The van der Waals surface area contributed by atoms with Crippen LogP contribution >= 0.6 is 0 Å². The van der Waals surface area contributed by atoms with E-state index in [0.717, 1.165) is 46.4 Å². The molecule has 2 aromatic carbocycles. The van der Waals surface area contributed by atoms with E-state index in [1.807, 2.05) is 42.6 Å². The van der Waals surface area contributed by atoms with Crippen molar-refractivity contribution in [1.29, 1.82) is 0 Å². The van der Waals surface area contributed by atoms with Crippen molar-refractivity contribution in [2.24, 2.45) is 10.9 Å². The van der Waals surface area contributed by atoms with Crippen molar-refractivity contribution in [3.63, 3.8) is 0 Å². The van der Waals surface area contributed by atoms with Gasteiger partial charge in [-0.2, -0.15) is 0 Å². The van der Waals surface area contributed by atoms with Gasteiger partial charge in [0.05, 0.1) is 17.1 Å². The summed E-state index contributed by atoms with van der Waals surface area (Å²) in [6.45, 7) is 0. The van der Waals surface area contributed by atoms with Crippen molar-refractivity contribution in [3.05, 3.63) is 83.0 Å². The van der Waals surface area contributed by atoms with Crippen molar-refractivity contribution in [2.75, 3.05) is 5.32 Å². The zero-order valence-electron chi connectivity index (χ0n) is 15.7. The molecular formula is C23H20N4O2. The Balaban J connectivity index is 1.68. The molecule has 1 aliphatic carbocycles. The number of pyridine rings is 1. The van der Waals surface area contributed by atoms with Gasteiger partial charge >= 0.3 is 0 Å². The molecule has 2 aliphatic rings. The molecule has 3 aromatic rings. The minimum atomic E-state index is -0.539. The first-order chi connectivity index (χ1) is 14.2. The highest BCUT2D eigenvalue weighted by Crippen LogP contribution is 2.39. The number of hydroxylamine groups is 1. The molecule has 6 heteroatoms. The molecule has 6 nitrogen and oxygen atoms in total. The standard InChI is InChI=1S/C23H20N4O2/c28-23(27-29)16-9-7-15(8-10-16)21-20-17(13-14-5-6-14)11-12-24-22(20)26-19-4-2-1-3-18(19)25-21/h1-4,7-12,14,29H,5-6,13H2,(H,24,26)(H,27,28). The molecule has 0 atom stereocenters. The van der Waals surface area contributed by atoms with Crippen LogP contribution in [0, 0.1) is 5.92 Å². The van der Waals surface area contributed by atoms with E-state index in [1.165, 1.54) is 18.4 Å². The van der Waals surface area contributed by atoms with Crippen LogP contribution in [0.3, 0.4) is 0 Å². The van der Waals surface area contributed by atoms with Crippen LogP contribution in [-0.4, -0.2) is 21.8 Å². The fraction of sp³-hybridized carbons (Fsp3) is 0.174. The minimum absolute atomic E-state index is 0.383. The predicted molar refractivity (Wildman–Crippen MR) is 111 cm³/mol. The van der Waals surface area contributed by atoms with Crippen LogP contribution < -0.4 is 10.8 Å². The normalized spacial score (nSPS) is 14.7. The number of nitrogens with zero attached hydrogens (tertiary/aromatic N) is 2. The quantitative estimate of drug-likeness (QED) is 0.360. The van der Waals surface area contributed by atoms with Gasteiger partial charge in [0, 0.05) is 22.9 Å². The number of anilines is 2. The summed E-state index contributed by atoms with van der Waals surface area (Å²) in [7, 11) is 0. The second kappa shape index (κ2) is 7.14. The van der Waals surface area contributed by atoms with Crippen LogP contribution in [0.1, 0.15) is 39.9 Å². The average Bonchev–Trinajstić information content (AvgIpc) is 3.58. The van der Waals surface area contributed by atoms with Crippen molar-refractivity contribution >= 4 is 28.8 Å². The number of amides is 1. The molecule has 5 rings (SSSR count). The number of nitrogens with one attached hydrogen (secondary N) is 2. The second-order valence-corrected chi connectivity index (χ2v) is 7.46. The Morgan fingerprint density at radius 3 is 2.66 bits per heavy atom. The molecule has 1 fully saturated rings. The van der Waals surface area contributed by atoms with Crippen LogP contribution in [0.2, 0.25) is 0 Å². The van der Waals surface area contributed by atoms with Crippen LogP contribution in [0.25, 0.3) is 0 Å². The molecule has 1 amide bonds. The molecule has 0 saturated heterocycles. The molecule has 0 spiro atoms. The molecule has 2 heterocycles. The Labute approximate surface area is 168 Å². The summed E-state index contributed by atoms with van der Waals surface area (Å²) in [4.78, 5) is 21.3. The number of carbonyl (C=O) groups excluding carboxylic acids is 1. The summed E-state index contributed by atoms with van der Waals surface area (Å²) in [5, 5.41) is 12.3. The summed E-state index contributed by atoms with van der Waals surface area (Å²) in [6, 6.07) is 17.1. The highest BCUT2D eigenvalue weighted by molar-refractivity contribution is 6.19. The molecule has 0 unspecified atom stereocenters. The number of rotatable bonds is 4. The largest absolute Gasteiger partial charge is 0.338 e. The summed E-state index contributed by atoms with van der Waals surface area (Å²) in [6.07, 6.45) is 5.39. The topological polar surface area (TPSA) is 86.6 Å². The number of aliphatic imine (C=N–C) groups is 1. The van der Waals surface area contributed by atoms with E-state index < -0.39 is 5.91 Å². The van der Waals surface area contributed by atoms with E-state index in [4.69, 9.17) is 10.2 Å². The monoisotopic (exact) mass is 384 g/mol. The van der Waals surface area contributed by atoms with Crippen LogP contribution in [0.4, 0.5) is 17.2 Å². The average molecular weight is 384 g/mol. The zero-order valence-corrected chi connectivity index (χ0v) is 15.7. The second-order valence-electron chi connectivity index (χ2n) is 7.46. The number of para-hydroxylation sites is 2. The maximum atomic E-state index is 11.7. The fourth-order valence-electron chi connectivity index (χ4n) is 3.70. The smallest absolute Gasteiger partial charge is 0.274 e. The number of benzene rings is 2. The van der Waals surface area contributed by atoms with Crippen LogP contribution in [0.5, 0.6) is 0 Å². The number of carbonyl (C=O) groups is 1. The Bertz CT molecular complexity index is 1120. The van der Waals surface area contributed by atoms with Gasteiger partial charge in [0.25, 0.3) is 5.91 Å². The van der Waals surface area contributed by atoms with Gasteiger partial charge in [-0.05, 0) is 61.1 Å². The molecule has 1 aliphatic heterocycles. The summed E-state index contributed by atoms with van der Waals surface area (Å²) in [5.74, 6) is 0.982. The van der Waals surface area contributed by atoms with Gasteiger partial charge in [-0.15, -0.1) is 0 Å². The Hall–Kier alpha value is -3.51. The third-order valence-electron chi connectivity index (χ3n) is 5.39. The number of hydrogen-bond donors (Lipinski definition) is 3. The van der Waals surface area contributed by atoms with E-state index in [1.54, 1.807) is 17.6 Å². The maximum absolute atomic E-state index is 11.7. The lowest BCUT2D eigenvalue weighted by atomic mass is 9.94. The van der Waals surface area contributed by atoms with Crippen molar-refractivity contribution in [2.45, 2.75) is 19.3 Å². The SMILES string of the molecule is O=C(NO)c1ccc(C2=Nc3ccccc3Nc3nccc(CC4CC4)c32)cc1. The van der Waals surface area contributed by atoms with E-state index in [-0.39, 0.29) is 0 Å². The van der Waals surface area contributed by atoms with Gasteiger partial charge in [0.1, 0.15) is 5.82 Å². The molecule has 1 saturated carbocycles. The van der Waals surface area contributed by atoms with E-state index >= 15 is 0 Å². The van der Waals surface area contributed by atoms with Gasteiger partial charge in [0.2, 0.25) is 0 Å². The van der Waals surface area contributed by atoms with Crippen molar-refractivity contribution < 1.29 is 10.0 Å². The molecule has 29 heavy (non-hydrogen) atoms. The highest BCUT2D eigenvalue weighted by atomic mass is 16.5. The molecule has 3 N–H and O–H groups in total. The molecule has 1 aromatic heterocycles. The van der Waals surface area contributed by atoms with Crippen LogP contribution in [-0.2, 0) is 6.42 Å². The van der Waals surface area contributed by atoms with E-state index in [2.05, 4.69) is 16.4 Å². The van der Waals surface area contributed by atoms with Gasteiger partial charge in [-0.3, -0.25) is 10.0 Å². The lowest BCUT2D eigenvalue weighted by Gasteiger charge is -2.15. The fourth-order valence-corrected chi connectivity index (χ4v) is 3.70. The minimum Gasteiger partial charge on any atom is -0.338 e. The number of hydrogen-bond acceptors (Lipinski definition) is 5. The number of fused-ring (bicyclic) bond motifs is 2. The first kappa shape index (κ1) is 17.6. The summed E-state index contributed by atoms with van der Waals surface area (Å²) >= 11 is 0. The van der Waals surface area contributed by atoms with Gasteiger partial charge < -0.3 is 5.32 Å². The Kier molecular flexibility index (Phi) is 4.33. The van der Waals surface area contributed by atoms with Crippen LogP contribution in [0.15, 0.2) is 65.8 Å². The third-order valence-corrected chi connectivity index (χ3v) is 5.39. The molecular weight excluding hydrogens is 364 g/mol. The van der Waals surface area contributed by atoms with Gasteiger partial charge in [-0.1, -0.05) is 24.3 Å². The molecule has 144 valence electrons. The third kappa shape index (κ3) is 3.39. The lowest BCUT2D eigenvalue weighted by molar-refractivity contribution is 0.0706. The van der Waals surface area contributed by atoms with Crippen molar-refractivity contribution in [3.8, 4) is 0 Å². The van der Waals surface area contributed by atoms with Gasteiger partial charge in [0.15, 0.2) is 0 Å². The highest BCUT2D eigenvalue weighted by Gasteiger charge is 2.27. The van der Waals surface area contributed by atoms with E-state index in [0.29, 0.717) is 5.56 Å². The van der Waals surface area contributed by atoms with Gasteiger partial charge in [-0.25, -0.2) is 15.5 Å². The zero-order chi connectivity index (χ0) is 19.8. The summed E-state index contributed by atoms with van der Waals surface area (Å²) in [5.41, 5.74) is 7.77. The lowest BCUT2D eigenvalue weighted by Crippen LogP contribution is -2.18. The van der Waals surface area contributed by atoms with Crippen molar-refractivity contribution in [1.82, 2.24) is 10.5 Å².